The Labute approximate surface area is 137 Å². The number of nitrogens with one attached hydrogen (secondary N) is 1. The van der Waals surface area contributed by atoms with E-state index < -0.39 is 10.0 Å². The van der Waals surface area contributed by atoms with Gasteiger partial charge in [0.05, 0.1) is 0 Å². The summed E-state index contributed by atoms with van der Waals surface area (Å²) < 4.78 is 28.5. The zero-order valence-corrected chi connectivity index (χ0v) is 15.8. The number of rotatable bonds is 6. The number of hydrogen-bond donors (Lipinski definition) is 2. The average molecular weight is 428 g/mol. The molecule has 0 spiro atoms. The summed E-state index contributed by atoms with van der Waals surface area (Å²) in [6.07, 6.45) is 1.83. The Morgan fingerprint density at radius 2 is 1.75 bits per heavy atom. The molecule has 3 N–H and O–H groups in total. The van der Waals surface area contributed by atoms with Crippen molar-refractivity contribution < 1.29 is 8.42 Å². The summed E-state index contributed by atoms with van der Waals surface area (Å²) in [5, 5.41) is 0. The Hall–Kier alpha value is -0.110. The van der Waals surface area contributed by atoms with Crippen LogP contribution in [0.2, 0.25) is 0 Å². The first kappa shape index (κ1) is 17.9. The van der Waals surface area contributed by atoms with Gasteiger partial charge in [0.15, 0.2) is 0 Å². The Morgan fingerprint density at radius 1 is 1.25 bits per heavy atom. The first-order valence-electron chi connectivity index (χ1n) is 6.44. The third kappa shape index (κ3) is 4.72. The normalized spacial score (nSPS) is 15.1. The highest BCUT2D eigenvalue weighted by Gasteiger charge is 2.24. The van der Waals surface area contributed by atoms with E-state index in [4.69, 9.17) is 5.73 Å². The molecule has 2 unspecified atom stereocenters. The van der Waals surface area contributed by atoms with Gasteiger partial charge in [0.2, 0.25) is 10.0 Å². The van der Waals surface area contributed by atoms with Crippen LogP contribution < -0.4 is 10.5 Å². The fourth-order valence-electron chi connectivity index (χ4n) is 1.98. The monoisotopic (exact) mass is 426 g/mol. The largest absolute Gasteiger partial charge is 0.399 e. The molecular weight excluding hydrogens is 408 g/mol. The molecular formula is C13H20Br2N2O2S. The highest BCUT2D eigenvalue weighted by Crippen LogP contribution is 2.32. The maximum Gasteiger partial charge on any atom is 0.243 e. The summed E-state index contributed by atoms with van der Waals surface area (Å²) in [5.74, 6) is 0.478. The van der Waals surface area contributed by atoms with Crippen molar-refractivity contribution in [3.05, 3.63) is 21.1 Å². The Balaban J connectivity index is 3.01. The van der Waals surface area contributed by atoms with Gasteiger partial charge in [-0.25, -0.2) is 13.1 Å². The number of nitrogen functional groups attached to an aromatic ring is 1. The maximum absolute atomic E-state index is 12.5. The highest BCUT2D eigenvalue weighted by molar-refractivity contribution is 9.11. The predicted octanol–water partition coefficient (Wildman–Crippen LogP) is 3.90. The summed E-state index contributed by atoms with van der Waals surface area (Å²) in [7, 11) is -3.59. The standard InChI is InChI=1S/C13H20Br2N2O2S/c1-4-8(2)5-9(3)17-20(18,19)13-11(14)6-10(16)7-12(13)15/h6-9,17H,4-5,16H2,1-3H3. The van der Waals surface area contributed by atoms with Crippen LogP contribution in [0, 0.1) is 5.92 Å². The molecule has 0 aliphatic heterocycles. The van der Waals surface area contributed by atoms with E-state index in [0.29, 0.717) is 20.6 Å². The molecule has 0 saturated carbocycles. The molecule has 0 amide bonds. The Bertz CT molecular complexity index is 553. The molecule has 0 saturated heterocycles. The maximum atomic E-state index is 12.5. The van der Waals surface area contributed by atoms with E-state index in [1.807, 2.05) is 6.92 Å². The van der Waals surface area contributed by atoms with Crippen LogP contribution in [0.25, 0.3) is 0 Å². The van der Waals surface area contributed by atoms with Crippen molar-refractivity contribution in [3.63, 3.8) is 0 Å². The molecule has 0 bridgehead atoms. The van der Waals surface area contributed by atoms with Crippen molar-refractivity contribution >= 4 is 47.6 Å². The molecule has 0 aliphatic carbocycles. The van der Waals surface area contributed by atoms with Crippen LogP contribution in [-0.4, -0.2) is 14.5 Å². The number of sulfonamides is 1. The lowest BCUT2D eigenvalue weighted by atomic mass is 10.0. The summed E-state index contributed by atoms with van der Waals surface area (Å²) in [6, 6.07) is 3.04. The van der Waals surface area contributed by atoms with Gasteiger partial charge in [-0.15, -0.1) is 0 Å². The van der Waals surface area contributed by atoms with Gasteiger partial charge in [-0.3, -0.25) is 0 Å². The van der Waals surface area contributed by atoms with Crippen LogP contribution in [-0.2, 0) is 10.0 Å². The molecule has 20 heavy (non-hydrogen) atoms. The van der Waals surface area contributed by atoms with Crippen LogP contribution in [0.15, 0.2) is 26.0 Å². The van der Waals surface area contributed by atoms with Gasteiger partial charge in [0.1, 0.15) is 4.90 Å². The van der Waals surface area contributed by atoms with Gasteiger partial charge in [0.25, 0.3) is 0 Å². The van der Waals surface area contributed by atoms with Crippen LogP contribution in [0.3, 0.4) is 0 Å². The molecule has 1 rings (SSSR count). The fraction of sp³-hybridized carbons (Fsp3) is 0.538. The zero-order valence-electron chi connectivity index (χ0n) is 11.8. The highest BCUT2D eigenvalue weighted by atomic mass is 79.9. The van der Waals surface area contributed by atoms with Crippen LogP contribution >= 0.6 is 31.9 Å². The van der Waals surface area contributed by atoms with E-state index in [1.54, 1.807) is 12.1 Å². The number of hydrogen-bond acceptors (Lipinski definition) is 3. The lowest BCUT2D eigenvalue weighted by Gasteiger charge is -2.19. The topological polar surface area (TPSA) is 72.2 Å². The predicted molar refractivity (Wildman–Crippen MR) is 90.1 cm³/mol. The molecule has 0 aromatic heterocycles. The second-order valence-electron chi connectivity index (χ2n) is 5.09. The van der Waals surface area contributed by atoms with E-state index in [0.717, 1.165) is 12.8 Å². The zero-order chi connectivity index (χ0) is 15.5. The Morgan fingerprint density at radius 3 is 2.20 bits per heavy atom. The van der Waals surface area contributed by atoms with Gasteiger partial charge in [-0.1, -0.05) is 20.3 Å². The van der Waals surface area contributed by atoms with Crippen molar-refractivity contribution in [1.82, 2.24) is 4.72 Å². The quantitative estimate of drug-likeness (QED) is 0.676. The van der Waals surface area contributed by atoms with Crippen molar-refractivity contribution in [2.24, 2.45) is 5.92 Å². The van der Waals surface area contributed by atoms with Crippen molar-refractivity contribution in [1.29, 1.82) is 0 Å². The number of benzene rings is 1. The molecule has 0 fully saturated rings. The van der Waals surface area contributed by atoms with Gasteiger partial charge in [-0.2, -0.15) is 0 Å². The van der Waals surface area contributed by atoms with Crippen molar-refractivity contribution in [3.8, 4) is 0 Å². The molecule has 1 aromatic carbocycles. The van der Waals surface area contributed by atoms with Gasteiger partial charge >= 0.3 is 0 Å². The third-order valence-corrected chi connectivity index (χ3v) is 6.56. The second kappa shape index (κ2) is 7.24. The first-order chi connectivity index (χ1) is 9.17. The Kier molecular flexibility index (Phi) is 6.50. The molecule has 1 aromatic rings. The van der Waals surface area contributed by atoms with Crippen LogP contribution in [0.4, 0.5) is 5.69 Å². The molecule has 4 nitrogen and oxygen atoms in total. The van der Waals surface area contributed by atoms with Crippen molar-refractivity contribution in [2.75, 3.05) is 5.73 Å². The SMILES string of the molecule is CCC(C)CC(C)NS(=O)(=O)c1c(Br)cc(N)cc1Br. The third-order valence-electron chi connectivity index (χ3n) is 3.10. The van der Waals surface area contributed by atoms with E-state index in [-0.39, 0.29) is 10.9 Å². The average Bonchev–Trinajstić information content (AvgIpc) is 2.25. The molecule has 2 atom stereocenters. The van der Waals surface area contributed by atoms with E-state index in [9.17, 15) is 8.42 Å². The second-order valence-corrected chi connectivity index (χ2v) is 8.44. The molecule has 0 radical (unpaired) electrons. The molecule has 0 heterocycles. The van der Waals surface area contributed by atoms with Crippen molar-refractivity contribution in [2.45, 2.75) is 44.6 Å². The van der Waals surface area contributed by atoms with Gasteiger partial charge < -0.3 is 5.73 Å². The molecule has 7 heteroatoms. The van der Waals surface area contributed by atoms with Gasteiger partial charge in [-0.05, 0) is 63.3 Å². The summed E-state index contributed by atoms with van der Waals surface area (Å²) in [4.78, 5) is 0.183. The number of nitrogens with two attached hydrogens (primary N) is 1. The summed E-state index contributed by atoms with van der Waals surface area (Å²) >= 11 is 6.52. The van der Waals surface area contributed by atoms with Crippen LogP contribution in [0.5, 0.6) is 0 Å². The van der Waals surface area contributed by atoms with E-state index in [1.165, 1.54) is 0 Å². The first-order valence-corrected chi connectivity index (χ1v) is 9.51. The lowest BCUT2D eigenvalue weighted by molar-refractivity contribution is 0.445. The smallest absolute Gasteiger partial charge is 0.243 e. The summed E-state index contributed by atoms with van der Waals surface area (Å²) in [5.41, 5.74) is 6.18. The fourth-order valence-corrected chi connectivity index (χ4v) is 5.85. The van der Waals surface area contributed by atoms with Gasteiger partial charge in [0, 0.05) is 20.7 Å². The van der Waals surface area contributed by atoms with E-state index >= 15 is 0 Å². The lowest BCUT2D eigenvalue weighted by Crippen LogP contribution is -2.34. The minimum absolute atomic E-state index is 0.119. The van der Waals surface area contributed by atoms with E-state index in [2.05, 4.69) is 50.4 Å². The molecule has 114 valence electrons. The summed E-state index contributed by atoms with van der Waals surface area (Å²) in [6.45, 7) is 6.09. The molecule has 0 aliphatic rings. The minimum atomic E-state index is -3.59. The number of halogens is 2. The minimum Gasteiger partial charge on any atom is -0.399 e. The number of anilines is 1. The van der Waals surface area contributed by atoms with Crippen LogP contribution in [0.1, 0.15) is 33.6 Å².